The Morgan fingerprint density at radius 2 is 1.92 bits per heavy atom. The lowest BCUT2D eigenvalue weighted by molar-refractivity contribution is 0.0730. The van der Waals surface area contributed by atoms with Crippen LogP contribution < -0.4 is 4.74 Å². The predicted octanol–water partition coefficient (Wildman–Crippen LogP) is 3.49. The van der Waals surface area contributed by atoms with E-state index < -0.39 is 0 Å². The van der Waals surface area contributed by atoms with Gasteiger partial charge in [-0.1, -0.05) is 30.3 Å². The molecule has 1 saturated heterocycles. The fraction of sp³-hybridized carbons (Fsp3) is 0.286. The standard InChI is InChI=1S/C21H21N3O2/c1-26-20-11-5-2-7-15(20)13-16-8-6-12-24(16)21(25)19-14-22-17-9-3-4-10-18(17)23-19/h2-5,7,9-11,14,16H,6,8,12-13H2,1H3/t16-/m1/s1. The third-order valence-electron chi connectivity index (χ3n) is 4.95. The van der Waals surface area contributed by atoms with Crippen molar-refractivity contribution in [1.82, 2.24) is 14.9 Å². The molecule has 0 N–H and O–H groups in total. The highest BCUT2D eigenvalue weighted by atomic mass is 16.5. The van der Waals surface area contributed by atoms with Gasteiger partial charge in [0.1, 0.15) is 11.4 Å². The highest BCUT2D eigenvalue weighted by molar-refractivity contribution is 5.94. The summed E-state index contributed by atoms with van der Waals surface area (Å²) in [4.78, 5) is 23.9. The van der Waals surface area contributed by atoms with Gasteiger partial charge in [-0.25, -0.2) is 4.98 Å². The van der Waals surface area contributed by atoms with Crippen molar-refractivity contribution in [2.75, 3.05) is 13.7 Å². The first-order valence-corrected chi connectivity index (χ1v) is 8.91. The van der Waals surface area contributed by atoms with Crippen LogP contribution in [0.5, 0.6) is 5.75 Å². The van der Waals surface area contributed by atoms with Crippen LogP contribution in [0.4, 0.5) is 0 Å². The molecule has 1 amide bonds. The molecule has 0 aliphatic carbocycles. The zero-order chi connectivity index (χ0) is 17.9. The molecule has 5 nitrogen and oxygen atoms in total. The van der Waals surface area contributed by atoms with Crippen molar-refractivity contribution in [3.63, 3.8) is 0 Å². The van der Waals surface area contributed by atoms with E-state index in [0.717, 1.165) is 48.2 Å². The molecule has 26 heavy (non-hydrogen) atoms. The van der Waals surface area contributed by atoms with E-state index in [0.29, 0.717) is 5.69 Å². The van der Waals surface area contributed by atoms with Crippen LogP contribution in [0.25, 0.3) is 11.0 Å². The zero-order valence-corrected chi connectivity index (χ0v) is 14.8. The van der Waals surface area contributed by atoms with Crippen LogP contribution in [0.15, 0.2) is 54.7 Å². The summed E-state index contributed by atoms with van der Waals surface area (Å²) in [6.45, 7) is 0.757. The number of carbonyl (C=O) groups excluding carboxylic acids is 1. The molecule has 0 unspecified atom stereocenters. The van der Waals surface area contributed by atoms with Crippen molar-refractivity contribution in [3.05, 3.63) is 66.0 Å². The van der Waals surface area contributed by atoms with E-state index in [2.05, 4.69) is 16.0 Å². The average molecular weight is 347 g/mol. The number of ether oxygens (including phenoxy) is 1. The number of carbonyl (C=O) groups is 1. The van der Waals surface area contributed by atoms with Crippen molar-refractivity contribution in [3.8, 4) is 5.75 Å². The molecule has 1 aromatic heterocycles. The number of fused-ring (bicyclic) bond motifs is 1. The number of aromatic nitrogens is 2. The van der Waals surface area contributed by atoms with Crippen molar-refractivity contribution in [2.24, 2.45) is 0 Å². The van der Waals surface area contributed by atoms with Gasteiger partial charge < -0.3 is 9.64 Å². The zero-order valence-electron chi connectivity index (χ0n) is 14.8. The van der Waals surface area contributed by atoms with E-state index in [9.17, 15) is 4.79 Å². The van der Waals surface area contributed by atoms with Gasteiger partial charge in [0.15, 0.2) is 0 Å². The lowest BCUT2D eigenvalue weighted by atomic mass is 10.0. The lowest BCUT2D eigenvalue weighted by Crippen LogP contribution is -2.37. The molecule has 1 fully saturated rings. The molecule has 0 radical (unpaired) electrons. The molecule has 0 bridgehead atoms. The molecule has 2 heterocycles. The summed E-state index contributed by atoms with van der Waals surface area (Å²) < 4.78 is 5.46. The van der Waals surface area contributed by atoms with E-state index in [1.165, 1.54) is 0 Å². The number of rotatable bonds is 4. The first-order valence-electron chi connectivity index (χ1n) is 8.91. The second-order valence-electron chi connectivity index (χ2n) is 6.55. The highest BCUT2D eigenvalue weighted by Gasteiger charge is 2.31. The molecule has 5 heteroatoms. The summed E-state index contributed by atoms with van der Waals surface area (Å²) in [5.41, 5.74) is 3.09. The number of benzene rings is 2. The van der Waals surface area contributed by atoms with Gasteiger partial charge in [-0.15, -0.1) is 0 Å². The fourth-order valence-corrected chi connectivity index (χ4v) is 3.65. The van der Waals surface area contributed by atoms with Crippen molar-refractivity contribution >= 4 is 16.9 Å². The predicted molar refractivity (Wildman–Crippen MR) is 100 cm³/mol. The monoisotopic (exact) mass is 347 g/mol. The minimum absolute atomic E-state index is 0.0411. The summed E-state index contributed by atoms with van der Waals surface area (Å²) >= 11 is 0. The number of amides is 1. The number of likely N-dealkylation sites (tertiary alicyclic amines) is 1. The highest BCUT2D eigenvalue weighted by Crippen LogP contribution is 2.27. The van der Waals surface area contributed by atoms with Gasteiger partial charge >= 0.3 is 0 Å². The van der Waals surface area contributed by atoms with Crippen LogP contribution in [0.2, 0.25) is 0 Å². The Bertz CT molecular complexity index is 941. The van der Waals surface area contributed by atoms with Gasteiger partial charge in [0.25, 0.3) is 5.91 Å². The van der Waals surface area contributed by atoms with Gasteiger partial charge in [0, 0.05) is 12.6 Å². The Kier molecular flexibility index (Phi) is 4.52. The lowest BCUT2D eigenvalue weighted by Gasteiger charge is -2.25. The molecule has 1 atom stereocenters. The van der Waals surface area contributed by atoms with Crippen molar-refractivity contribution in [2.45, 2.75) is 25.3 Å². The van der Waals surface area contributed by atoms with Crippen LogP contribution in [0, 0.1) is 0 Å². The normalized spacial score (nSPS) is 16.8. The molecule has 4 rings (SSSR count). The topological polar surface area (TPSA) is 55.3 Å². The van der Waals surface area contributed by atoms with E-state index >= 15 is 0 Å². The summed E-state index contributed by atoms with van der Waals surface area (Å²) in [7, 11) is 1.68. The maximum atomic E-state index is 13.0. The Labute approximate surface area is 152 Å². The van der Waals surface area contributed by atoms with Crippen molar-refractivity contribution in [1.29, 1.82) is 0 Å². The number of hydrogen-bond acceptors (Lipinski definition) is 4. The van der Waals surface area contributed by atoms with E-state index in [-0.39, 0.29) is 11.9 Å². The molecule has 3 aromatic rings. The number of methoxy groups -OCH3 is 1. The van der Waals surface area contributed by atoms with Gasteiger partial charge in [0.05, 0.1) is 24.3 Å². The number of para-hydroxylation sites is 3. The van der Waals surface area contributed by atoms with Crippen LogP contribution in [-0.2, 0) is 6.42 Å². The van der Waals surface area contributed by atoms with Gasteiger partial charge in [0.2, 0.25) is 0 Å². The Morgan fingerprint density at radius 1 is 1.15 bits per heavy atom. The van der Waals surface area contributed by atoms with E-state index in [4.69, 9.17) is 4.74 Å². The quantitative estimate of drug-likeness (QED) is 0.725. The van der Waals surface area contributed by atoms with Gasteiger partial charge in [-0.05, 0) is 43.0 Å². The minimum atomic E-state index is -0.0411. The Hall–Kier alpha value is -2.95. The summed E-state index contributed by atoms with van der Waals surface area (Å²) in [6.07, 6.45) is 4.37. The maximum absolute atomic E-state index is 13.0. The van der Waals surface area contributed by atoms with Gasteiger partial charge in [-0.3, -0.25) is 9.78 Å². The molecular formula is C21H21N3O2. The number of hydrogen-bond donors (Lipinski definition) is 0. The van der Waals surface area contributed by atoms with E-state index in [1.54, 1.807) is 13.3 Å². The molecular weight excluding hydrogens is 326 g/mol. The molecule has 1 aliphatic rings. The third kappa shape index (κ3) is 3.12. The SMILES string of the molecule is COc1ccccc1C[C@H]1CCCN1C(=O)c1cnc2ccccc2n1. The van der Waals surface area contributed by atoms with E-state index in [1.807, 2.05) is 47.4 Å². The Morgan fingerprint density at radius 3 is 2.77 bits per heavy atom. The molecule has 0 saturated carbocycles. The Balaban J connectivity index is 1.58. The third-order valence-corrected chi connectivity index (χ3v) is 4.95. The van der Waals surface area contributed by atoms with Crippen LogP contribution in [0.3, 0.4) is 0 Å². The van der Waals surface area contributed by atoms with Crippen LogP contribution in [-0.4, -0.2) is 40.5 Å². The first kappa shape index (κ1) is 16.5. The average Bonchev–Trinajstić information content (AvgIpc) is 3.15. The minimum Gasteiger partial charge on any atom is -0.496 e. The molecule has 132 valence electrons. The smallest absolute Gasteiger partial charge is 0.274 e. The second-order valence-corrected chi connectivity index (χ2v) is 6.55. The van der Waals surface area contributed by atoms with Crippen LogP contribution in [0.1, 0.15) is 28.9 Å². The second kappa shape index (κ2) is 7.12. The maximum Gasteiger partial charge on any atom is 0.274 e. The molecule has 0 spiro atoms. The van der Waals surface area contributed by atoms with Gasteiger partial charge in [-0.2, -0.15) is 0 Å². The first-order chi connectivity index (χ1) is 12.8. The number of nitrogens with zero attached hydrogens (tertiary/aromatic N) is 3. The summed E-state index contributed by atoms with van der Waals surface area (Å²) in [5, 5.41) is 0. The summed E-state index contributed by atoms with van der Waals surface area (Å²) in [5.74, 6) is 0.831. The molecule has 1 aliphatic heterocycles. The fourth-order valence-electron chi connectivity index (χ4n) is 3.65. The molecule has 2 aromatic carbocycles. The van der Waals surface area contributed by atoms with Crippen LogP contribution >= 0.6 is 0 Å². The largest absolute Gasteiger partial charge is 0.496 e. The van der Waals surface area contributed by atoms with Crippen molar-refractivity contribution < 1.29 is 9.53 Å². The summed E-state index contributed by atoms with van der Waals surface area (Å²) in [6, 6.07) is 15.8.